The number of nitrogens with zero attached hydrogens (tertiary/aromatic N) is 5. The topological polar surface area (TPSA) is 89.8 Å². The molecule has 1 aromatic heterocycles. The van der Waals surface area contributed by atoms with Gasteiger partial charge in [-0.05, 0) is 24.3 Å². The number of amides is 2. The van der Waals surface area contributed by atoms with Crippen LogP contribution in [0.25, 0.3) is 5.69 Å². The van der Waals surface area contributed by atoms with E-state index in [0.29, 0.717) is 48.5 Å². The van der Waals surface area contributed by atoms with Gasteiger partial charge in [-0.15, -0.1) is 10.2 Å². The minimum atomic E-state index is -0.697. The van der Waals surface area contributed by atoms with Crippen LogP contribution in [0.5, 0.6) is 11.5 Å². The molecule has 1 atom stereocenters. The van der Waals surface area contributed by atoms with Crippen molar-refractivity contribution in [2.75, 3.05) is 38.5 Å². The number of para-hydroxylation sites is 3. The summed E-state index contributed by atoms with van der Waals surface area (Å²) >= 11 is 1.20. The summed E-state index contributed by atoms with van der Waals surface area (Å²) in [4.78, 5) is 29.1. The zero-order chi connectivity index (χ0) is 23.5. The number of benzene rings is 2. The summed E-state index contributed by atoms with van der Waals surface area (Å²) in [5.41, 5.74) is 0.325. The summed E-state index contributed by atoms with van der Waals surface area (Å²) in [6, 6.07) is 13.6. The lowest BCUT2D eigenvalue weighted by Crippen LogP contribution is -2.55. The molecule has 2 aliphatic rings. The monoisotopic (exact) mass is 483 g/mol. The minimum Gasteiger partial charge on any atom is -0.485 e. The maximum atomic E-state index is 14.1. The van der Waals surface area contributed by atoms with Gasteiger partial charge in [0.15, 0.2) is 16.7 Å². The Morgan fingerprint density at radius 2 is 1.71 bits per heavy atom. The van der Waals surface area contributed by atoms with Crippen molar-refractivity contribution in [1.29, 1.82) is 0 Å². The molecule has 0 spiro atoms. The molecule has 3 aromatic rings. The third-order valence-corrected chi connectivity index (χ3v) is 6.61. The Balaban J connectivity index is 1.13. The summed E-state index contributed by atoms with van der Waals surface area (Å²) in [7, 11) is 0. The number of carbonyl (C=O) groups excluding carboxylic acids is 2. The smallest absolute Gasteiger partial charge is 0.267 e. The number of piperazine rings is 1. The van der Waals surface area contributed by atoms with Gasteiger partial charge >= 0.3 is 0 Å². The molecular weight excluding hydrogens is 461 g/mol. The van der Waals surface area contributed by atoms with Gasteiger partial charge in [-0.2, -0.15) is 0 Å². The van der Waals surface area contributed by atoms with Crippen molar-refractivity contribution in [3.8, 4) is 17.2 Å². The maximum absolute atomic E-state index is 14.1. The number of halogens is 1. The summed E-state index contributed by atoms with van der Waals surface area (Å²) in [5, 5.41) is 8.30. The zero-order valence-electron chi connectivity index (χ0n) is 18.2. The van der Waals surface area contributed by atoms with Crippen LogP contribution >= 0.6 is 11.8 Å². The Labute approximate surface area is 199 Å². The average molecular weight is 484 g/mol. The molecular formula is C23H22FN5O4S. The van der Waals surface area contributed by atoms with Gasteiger partial charge in [0.2, 0.25) is 12.0 Å². The molecule has 1 saturated heterocycles. The van der Waals surface area contributed by atoms with Crippen molar-refractivity contribution in [3.05, 3.63) is 60.7 Å². The zero-order valence-corrected chi connectivity index (χ0v) is 19.0. The molecule has 3 heterocycles. The molecule has 0 aliphatic carbocycles. The second kappa shape index (κ2) is 9.72. The van der Waals surface area contributed by atoms with E-state index in [0.717, 1.165) is 0 Å². The molecule has 5 rings (SSSR count). The van der Waals surface area contributed by atoms with Crippen LogP contribution in [0.15, 0.2) is 60.0 Å². The average Bonchev–Trinajstić information content (AvgIpc) is 3.35. The van der Waals surface area contributed by atoms with Gasteiger partial charge in [-0.1, -0.05) is 36.0 Å². The van der Waals surface area contributed by atoms with Gasteiger partial charge in [-0.3, -0.25) is 14.2 Å². The van der Waals surface area contributed by atoms with Crippen LogP contribution in [0.3, 0.4) is 0 Å². The number of ether oxygens (including phenoxy) is 2. The molecule has 34 heavy (non-hydrogen) atoms. The highest BCUT2D eigenvalue weighted by Gasteiger charge is 2.33. The Morgan fingerprint density at radius 3 is 2.50 bits per heavy atom. The van der Waals surface area contributed by atoms with Crippen LogP contribution in [0, 0.1) is 5.82 Å². The molecule has 11 heteroatoms. The first-order valence-electron chi connectivity index (χ1n) is 10.8. The van der Waals surface area contributed by atoms with E-state index >= 15 is 0 Å². The largest absolute Gasteiger partial charge is 0.485 e. The summed E-state index contributed by atoms with van der Waals surface area (Å²) in [5.74, 6) is 0.705. The summed E-state index contributed by atoms with van der Waals surface area (Å²) in [6.07, 6.45) is 0.725. The Bertz CT molecular complexity index is 1200. The lowest BCUT2D eigenvalue weighted by atomic mass is 10.2. The second-order valence-electron chi connectivity index (χ2n) is 7.79. The van der Waals surface area contributed by atoms with E-state index in [4.69, 9.17) is 9.47 Å². The molecule has 9 nitrogen and oxygen atoms in total. The van der Waals surface area contributed by atoms with Gasteiger partial charge in [0, 0.05) is 26.2 Å². The standard InChI is InChI=1S/C23H22FN5O4S/c24-16-5-1-2-6-17(16)29-15-25-26-23(29)34-14-21(30)27-9-11-28(12-10-27)22(31)20-13-32-18-7-3-4-8-19(18)33-20/h1-8,15,20H,9-14H2/t20-/m0/s1. The number of fused-ring (bicyclic) bond motifs is 1. The number of hydrogen-bond acceptors (Lipinski definition) is 7. The van der Waals surface area contributed by atoms with Crippen LogP contribution in [0.1, 0.15) is 0 Å². The first kappa shape index (κ1) is 22.2. The first-order chi connectivity index (χ1) is 16.6. The highest BCUT2D eigenvalue weighted by atomic mass is 32.2. The van der Waals surface area contributed by atoms with Gasteiger partial charge in [0.05, 0.1) is 11.4 Å². The van der Waals surface area contributed by atoms with Crippen molar-refractivity contribution in [2.45, 2.75) is 11.3 Å². The predicted molar refractivity (Wildman–Crippen MR) is 122 cm³/mol. The predicted octanol–water partition coefficient (Wildman–Crippen LogP) is 2.01. The number of aromatic nitrogens is 3. The van der Waals surface area contributed by atoms with Crippen LogP contribution in [-0.4, -0.2) is 81.0 Å². The second-order valence-corrected chi connectivity index (χ2v) is 8.74. The van der Waals surface area contributed by atoms with E-state index in [1.54, 1.807) is 40.1 Å². The SMILES string of the molecule is O=C(CSc1nncn1-c1ccccc1F)N1CCN(C(=O)[C@@H]2COc3ccccc3O2)CC1. The molecule has 0 unspecified atom stereocenters. The Morgan fingerprint density at radius 1 is 1.00 bits per heavy atom. The van der Waals surface area contributed by atoms with Crippen LogP contribution in [-0.2, 0) is 9.59 Å². The van der Waals surface area contributed by atoms with Crippen molar-refractivity contribution < 1.29 is 23.5 Å². The molecule has 2 aromatic carbocycles. The third-order valence-electron chi connectivity index (χ3n) is 5.68. The number of hydrogen-bond donors (Lipinski definition) is 0. The van der Waals surface area contributed by atoms with Gasteiger partial charge in [0.25, 0.3) is 5.91 Å². The van der Waals surface area contributed by atoms with E-state index in [9.17, 15) is 14.0 Å². The van der Waals surface area contributed by atoms with Crippen molar-refractivity contribution in [2.24, 2.45) is 0 Å². The summed E-state index contributed by atoms with van der Waals surface area (Å²) < 4.78 is 27.1. The lowest BCUT2D eigenvalue weighted by Gasteiger charge is -2.37. The fourth-order valence-electron chi connectivity index (χ4n) is 3.87. The minimum absolute atomic E-state index is 0.0774. The molecule has 1 fully saturated rings. The van der Waals surface area contributed by atoms with Gasteiger partial charge in [-0.25, -0.2) is 4.39 Å². The maximum Gasteiger partial charge on any atom is 0.267 e. The molecule has 0 radical (unpaired) electrons. The molecule has 176 valence electrons. The summed E-state index contributed by atoms with van der Waals surface area (Å²) in [6.45, 7) is 1.85. The van der Waals surface area contributed by atoms with Crippen molar-refractivity contribution >= 4 is 23.6 Å². The van der Waals surface area contributed by atoms with Gasteiger partial charge < -0.3 is 19.3 Å². The van der Waals surface area contributed by atoms with E-state index < -0.39 is 11.9 Å². The first-order valence-corrected chi connectivity index (χ1v) is 11.8. The van der Waals surface area contributed by atoms with Crippen LogP contribution in [0.2, 0.25) is 0 Å². The molecule has 0 N–H and O–H groups in total. The quantitative estimate of drug-likeness (QED) is 0.513. The molecule has 0 bridgehead atoms. The third kappa shape index (κ3) is 4.56. The fourth-order valence-corrected chi connectivity index (χ4v) is 4.70. The fraction of sp³-hybridized carbons (Fsp3) is 0.304. The normalized spacial score (nSPS) is 17.5. The molecule has 2 amide bonds. The lowest BCUT2D eigenvalue weighted by molar-refractivity contribution is -0.145. The molecule has 0 saturated carbocycles. The van der Waals surface area contributed by atoms with Gasteiger partial charge in [0.1, 0.15) is 18.8 Å². The van der Waals surface area contributed by atoms with E-state index in [-0.39, 0.29) is 24.2 Å². The number of carbonyl (C=O) groups is 2. The van der Waals surface area contributed by atoms with E-state index in [1.165, 1.54) is 28.7 Å². The Hall–Kier alpha value is -3.60. The van der Waals surface area contributed by atoms with Crippen LogP contribution < -0.4 is 9.47 Å². The van der Waals surface area contributed by atoms with E-state index in [1.807, 2.05) is 12.1 Å². The molecule has 2 aliphatic heterocycles. The number of thioether (sulfide) groups is 1. The van der Waals surface area contributed by atoms with Crippen molar-refractivity contribution in [1.82, 2.24) is 24.6 Å². The Kier molecular flexibility index (Phi) is 6.35. The van der Waals surface area contributed by atoms with Crippen molar-refractivity contribution in [3.63, 3.8) is 0 Å². The highest BCUT2D eigenvalue weighted by Crippen LogP contribution is 2.31. The van der Waals surface area contributed by atoms with Crippen LogP contribution in [0.4, 0.5) is 4.39 Å². The highest BCUT2D eigenvalue weighted by molar-refractivity contribution is 7.99. The van der Waals surface area contributed by atoms with E-state index in [2.05, 4.69) is 10.2 Å². The number of rotatable bonds is 5.